The summed E-state index contributed by atoms with van der Waals surface area (Å²) in [7, 11) is 5.43. The van der Waals surface area contributed by atoms with Gasteiger partial charge >= 0.3 is 5.97 Å². The van der Waals surface area contributed by atoms with Gasteiger partial charge in [-0.3, -0.25) is 9.59 Å². The van der Waals surface area contributed by atoms with Crippen LogP contribution < -0.4 is 14.2 Å². The Kier molecular flexibility index (Phi) is 5.66. The molecule has 0 saturated heterocycles. The average molecular weight is 463 g/mol. The molecule has 0 bridgehead atoms. The van der Waals surface area contributed by atoms with Gasteiger partial charge in [0.1, 0.15) is 22.8 Å². The van der Waals surface area contributed by atoms with Crippen molar-refractivity contribution >= 4 is 33.5 Å². The van der Waals surface area contributed by atoms with Gasteiger partial charge in [0.25, 0.3) is 0 Å². The predicted molar refractivity (Wildman–Crippen MR) is 108 cm³/mol. The van der Waals surface area contributed by atoms with Crippen LogP contribution in [0.15, 0.2) is 18.2 Å². The van der Waals surface area contributed by atoms with Crippen LogP contribution >= 0.6 is 15.9 Å². The molecular weight excluding hydrogens is 444 g/mol. The highest BCUT2D eigenvalue weighted by atomic mass is 79.9. The van der Waals surface area contributed by atoms with Crippen molar-refractivity contribution in [1.29, 1.82) is 0 Å². The lowest BCUT2D eigenvalue weighted by Gasteiger charge is -2.25. The minimum Gasteiger partial charge on any atom is -0.497 e. The van der Waals surface area contributed by atoms with E-state index in [9.17, 15) is 14.4 Å². The van der Waals surface area contributed by atoms with Gasteiger partial charge in [0, 0.05) is 22.0 Å². The van der Waals surface area contributed by atoms with Crippen LogP contribution in [0.5, 0.6) is 17.2 Å². The summed E-state index contributed by atoms with van der Waals surface area (Å²) in [6, 6.07) is 4.55. The Morgan fingerprint density at radius 3 is 2.07 bits per heavy atom. The molecule has 1 aliphatic carbocycles. The van der Waals surface area contributed by atoms with E-state index in [0.29, 0.717) is 11.3 Å². The summed E-state index contributed by atoms with van der Waals surface area (Å²) in [6.07, 6.45) is 0. The van der Waals surface area contributed by atoms with E-state index in [1.807, 2.05) is 0 Å². The molecule has 152 valence electrons. The number of halogens is 1. The van der Waals surface area contributed by atoms with E-state index in [1.165, 1.54) is 46.6 Å². The normalized spacial score (nSPS) is 13.3. The standard InChI is InChI=1S/C21H19BrO7/c1-9(22)11-8-13-16(20(28-4)17(11)21(25)29-5)19(24)15-12(18(13)23)6-10(26-2)7-14(15)27-3/h6-9H,1-5H3. The average Bonchev–Trinajstić information content (AvgIpc) is 2.73. The number of benzene rings is 2. The number of methoxy groups -OCH3 is 4. The van der Waals surface area contributed by atoms with Gasteiger partial charge in [-0.2, -0.15) is 0 Å². The van der Waals surface area contributed by atoms with E-state index >= 15 is 0 Å². The van der Waals surface area contributed by atoms with Crippen molar-refractivity contribution in [1.82, 2.24) is 0 Å². The maximum absolute atomic E-state index is 13.4. The second-order valence-corrected chi connectivity index (χ2v) is 7.69. The highest BCUT2D eigenvalue weighted by Crippen LogP contribution is 2.44. The maximum atomic E-state index is 13.4. The van der Waals surface area contributed by atoms with Crippen LogP contribution in [-0.2, 0) is 4.74 Å². The van der Waals surface area contributed by atoms with Crippen LogP contribution in [0.4, 0.5) is 0 Å². The molecule has 29 heavy (non-hydrogen) atoms. The number of fused-ring (bicyclic) bond motifs is 2. The highest BCUT2D eigenvalue weighted by molar-refractivity contribution is 9.09. The molecule has 0 aliphatic heterocycles. The Balaban J connectivity index is 2.42. The third-order valence-corrected chi connectivity index (χ3v) is 5.30. The van der Waals surface area contributed by atoms with Gasteiger partial charge in [0.05, 0.1) is 39.6 Å². The molecule has 7 nitrogen and oxygen atoms in total. The lowest BCUT2D eigenvalue weighted by molar-refractivity contribution is 0.0595. The number of hydrogen-bond donors (Lipinski definition) is 0. The van der Waals surface area contributed by atoms with E-state index in [2.05, 4.69) is 15.9 Å². The minimum atomic E-state index is -0.668. The first kappa shape index (κ1) is 20.9. The minimum absolute atomic E-state index is 0.00230. The third kappa shape index (κ3) is 3.17. The summed E-state index contributed by atoms with van der Waals surface area (Å²) >= 11 is 3.43. The topological polar surface area (TPSA) is 88.1 Å². The summed E-state index contributed by atoms with van der Waals surface area (Å²) < 4.78 is 20.9. The van der Waals surface area contributed by atoms with Gasteiger partial charge < -0.3 is 18.9 Å². The fraction of sp³-hybridized carbons (Fsp3) is 0.286. The smallest absolute Gasteiger partial charge is 0.341 e. The van der Waals surface area contributed by atoms with Crippen LogP contribution in [0.3, 0.4) is 0 Å². The Hall–Kier alpha value is -2.87. The van der Waals surface area contributed by atoms with Crippen molar-refractivity contribution in [3.05, 3.63) is 51.6 Å². The van der Waals surface area contributed by atoms with Crippen LogP contribution in [-0.4, -0.2) is 46.0 Å². The van der Waals surface area contributed by atoms with Crippen LogP contribution in [0.1, 0.15) is 59.5 Å². The van der Waals surface area contributed by atoms with E-state index in [0.717, 1.165) is 0 Å². The zero-order valence-corrected chi connectivity index (χ0v) is 18.1. The first-order chi connectivity index (χ1) is 13.8. The number of rotatable bonds is 5. The summed E-state index contributed by atoms with van der Waals surface area (Å²) in [6.45, 7) is 1.79. The molecule has 0 fully saturated rings. The third-order valence-electron chi connectivity index (χ3n) is 4.81. The number of alkyl halides is 1. The van der Waals surface area contributed by atoms with Crippen LogP contribution in [0.2, 0.25) is 0 Å². The molecule has 2 aromatic carbocycles. The second-order valence-electron chi connectivity index (χ2n) is 6.31. The van der Waals surface area contributed by atoms with E-state index in [1.54, 1.807) is 6.92 Å². The van der Waals surface area contributed by atoms with Crippen molar-refractivity contribution in [2.45, 2.75) is 11.8 Å². The molecule has 1 atom stereocenters. The van der Waals surface area contributed by atoms with Gasteiger partial charge in [-0.1, -0.05) is 15.9 Å². The van der Waals surface area contributed by atoms with Gasteiger partial charge in [-0.15, -0.1) is 0 Å². The van der Waals surface area contributed by atoms with Gasteiger partial charge in [-0.25, -0.2) is 4.79 Å². The molecule has 2 aromatic rings. The maximum Gasteiger partial charge on any atom is 0.341 e. The van der Waals surface area contributed by atoms with Crippen molar-refractivity contribution in [2.24, 2.45) is 0 Å². The fourth-order valence-corrected chi connectivity index (χ4v) is 3.83. The molecule has 0 amide bonds. The van der Waals surface area contributed by atoms with Crippen LogP contribution in [0, 0.1) is 0 Å². The molecule has 1 aliphatic rings. The predicted octanol–water partition coefficient (Wildman–Crippen LogP) is 3.73. The number of hydrogen-bond acceptors (Lipinski definition) is 7. The number of carbonyl (C=O) groups excluding carboxylic acids is 3. The molecular formula is C21H19BrO7. The Morgan fingerprint density at radius 2 is 1.55 bits per heavy atom. The zero-order valence-electron chi connectivity index (χ0n) is 16.5. The lowest BCUT2D eigenvalue weighted by Crippen LogP contribution is -2.25. The number of ketones is 2. The molecule has 1 unspecified atom stereocenters. The summed E-state index contributed by atoms with van der Waals surface area (Å²) in [5.41, 5.74) is 0.982. The summed E-state index contributed by atoms with van der Waals surface area (Å²) in [4.78, 5) is 39.0. The molecule has 0 radical (unpaired) electrons. The molecule has 0 saturated carbocycles. The van der Waals surface area contributed by atoms with Gasteiger partial charge in [-0.05, 0) is 24.6 Å². The van der Waals surface area contributed by atoms with Crippen molar-refractivity contribution in [3.63, 3.8) is 0 Å². The first-order valence-electron chi connectivity index (χ1n) is 8.63. The molecule has 0 heterocycles. The Labute approximate surface area is 176 Å². The van der Waals surface area contributed by atoms with E-state index in [4.69, 9.17) is 18.9 Å². The quantitative estimate of drug-likeness (QED) is 0.421. The van der Waals surface area contributed by atoms with Gasteiger partial charge in [0.15, 0.2) is 5.78 Å². The Bertz CT molecular complexity index is 1040. The summed E-state index contributed by atoms with van der Waals surface area (Å²) in [5, 5.41) is 0. The van der Waals surface area contributed by atoms with Crippen LogP contribution in [0.25, 0.3) is 0 Å². The highest BCUT2D eigenvalue weighted by Gasteiger charge is 2.39. The Morgan fingerprint density at radius 1 is 0.897 bits per heavy atom. The van der Waals surface area contributed by atoms with Crippen molar-refractivity contribution in [3.8, 4) is 17.2 Å². The van der Waals surface area contributed by atoms with Crippen molar-refractivity contribution in [2.75, 3.05) is 28.4 Å². The van der Waals surface area contributed by atoms with E-state index < -0.39 is 17.5 Å². The summed E-state index contributed by atoms with van der Waals surface area (Å²) in [5.74, 6) is -0.961. The second kappa shape index (κ2) is 7.87. The number of carbonyl (C=O) groups is 3. The largest absolute Gasteiger partial charge is 0.497 e. The number of ether oxygens (including phenoxy) is 4. The zero-order chi connectivity index (χ0) is 21.5. The lowest BCUT2D eigenvalue weighted by atomic mass is 9.80. The number of esters is 1. The molecule has 3 rings (SSSR count). The molecule has 0 aromatic heterocycles. The molecule has 8 heteroatoms. The SMILES string of the molecule is COC(=O)c1c(C(C)Br)cc2c(c1OC)C(=O)c1c(OC)cc(OC)cc1C2=O. The first-order valence-corrected chi connectivity index (χ1v) is 9.54. The fourth-order valence-electron chi connectivity index (χ4n) is 3.47. The molecule has 0 N–H and O–H groups in total. The van der Waals surface area contributed by atoms with Gasteiger partial charge in [0.2, 0.25) is 5.78 Å². The molecule has 0 spiro atoms. The van der Waals surface area contributed by atoms with Crippen molar-refractivity contribution < 1.29 is 33.3 Å². The monoisotopic (exact) mass is 462 g/mol. The van der Waals surface area contributed by atoms with E-state index in [-0.39, 0.29) is 44.1 Å².